The minimum Gasteiger partial charge on any atom is -0.378 e. The molecule has 2 aromatic rings. The lowest BCUT2D eigenvalue weighted by molar-refractivity contribution is 0.122. The maximum atomic E-state index is 5.49. The topological polar surface area (TPSA) is 48.9 Å². The summed E-state index contributed by atoms with van der Waals surface area (Å²) in [5, 5.41) is 6.82. The van der Waals surface area contributed by atoms with Crippen LogP contribution in [-0.2, 0) is 17.7 Å². The fraction of sp³-hybridized carbons (Fsp3) is 0.435. The van der Waals surface area contributed by atoms with Crippen molar-refractivity contribution < 1.29 is 4.74 Å². The second kappa shape index (κ2) is 11.3. The van der Waals surface area contributed by atoms with Crippen LogP contribution in [0.2, 0.25) is 0 Å². The Hall–Kier alpha value is -2.53. The number of aryl methyl sites for hydroxylation is 1. The Bertz CT molecular complexity index is 726. The lowest BCUT2D eigenvalue weighted by atomic mass is 10.1. The van der Waals surface area contributed by atoms with Crippen molar-refractivity contribution in [2.24, 2.45) is 4.99 Å². The molecule has 0 unspecified atom stereocenters. The maximum absolute atomic E-state index is 5.49. The van der Waals surface area contributed by atoms with Gasteiger partial charge >= 0.3 is 0 Å². The first-order valence-electron chi connectivity index (χ1n) is 10.3. The van der Waals surface area contributed by atoms with Gasteiger partial charge in [-0.15, -0.1) is 0 Å². The molecule has 0 amide bonds. The van der Waals surface area contributed by atoms with Crippen LogP contribution in [0, 0.1) is 0 Å². The number of rotatable bonds is 8. The molecule has 0 bridgehead atoms. The number of guanidine groups is 1. The third-order valence-electron chi connectivity index (χ3n) is 4.87. The highest BCUT2D eigenvalue weighted by molar-refractivity contribution is 5.79. The molecule has 1 saturated heterocycles. The number of para-hydroxylation sites is 1. The summed E-state index contributed by atoms with van der Waals surface area (Å²) in [7, 11) is 0. The molecule has 2 N–H and O–H groups in total. The molecule has 2 aromatic carbocycles. The summed E-state index contributed by atoms with van der Waals surface area (Å²) in [5.41, 5.74) is 3.91. The maximum Gasteiger partial charge on any atom is 0.191 e. The molecule has 0 spiro atoms. The van der Waals surface area contributed by atoms with Crippen molar-refractivity contribution in [3.05, 3.63) is 65.7 Å². The molecule has 150 valence electrons. The SMILES string of the molecule is CCNC(=NCc1ccccc1N1CCOCC1)NCCCc1ccccc1. The van der Waals surface area contributed by atoms with Crippen molar-refractivity contribution in [2.45, 2.75) is 26.3 Å². The quantitative estimate of drug-likeness (QED) is 0.419. The Morgan fingerprint density at radius 3 is 2.54 bits per heavy atom. The van der Waals surface area contributed by atoms with Gasteiger partial charge in [0.05, 0.1) is 19.8 Å². The monoisotopic (exact) mass is 380 g/mol. The van der Waals surface area contributed by atoms with Gasteiger partial charge < -0.3 is 20.3 Å². The number of hydrogen-bond donors (Lipinski definition) is 2. The zero-order valence-corrected chi connectivity index (χ0v) is 16.9. The molecule has 0 radical (unpaired) electrons. The minimum atomic E-state index is 0.668. The molecule has 0 atom stereocenters. The van der Waals surface area contributed by atoms with Crippen LogP contribution in [0.5, 0.6) is 0 Å². The predicted molar refractivity (Wildman–Crippen MR) is 117 cm³/mol. The molecule has 3 rings (SSSR count). The summed E-state index contributed by atoms with van der Waals surface area (Å²) in [4.78, 5) is 7.22. The first kappa shape index (κ1) is 20.2. The van der Waals surface area contributed by atoms with Gasteiger partial charge in [0, 0.05) is 31.9 Å². The van der Waals surface area contributed by atoms with Crippen molar-refractivity contribution in [3.8, 4) is 0 Å². The standard InChI is InChI=1S/C23H32N4O/c1-2-24-23(25-14-8-11-20-9-4-3-5-10-20)26-19-21-12-6-7-13-22(21)27-15-17-28-18-16-27/h3-7,9-10,12-13H,2,8,11,14-19H2,1H3,(H2,24,25,26). The van der Waals surface area contributed by atoms with E-state index in [2.05, 4.69) is 77.1 Å². The van der Waals surface area contributed by atoms with Crippen molar-refractivity contribution >= 4 is 11.6 Å². The van der Waals surface area contributed by atoms with E-state index in [0.29, 0.717) is 6.54 Å². The smallest absolute Gasteiger partial charge is 0.191 e. The molecule has 1 heterocycles. The Morgan fingerprint density at radius 2 is 1.75 bits per heavy atom. The highest BCUT2D eigenvalue weighted by Gasteiger charge is 2.14. The van der Waals surface area contributed by atoms with Gasteiger partial charge in [-0.3, -0.25) is 0 Å². The van der Waals surface area contributed by atoms with Crippen molar-refractivity contribution in [1.82, 2.24) is 10.6 Å². The van der Waals surface area contributed by atoms with Gasteiger partial charge in [-0.2, -0.15) is 0 Å². The summed E-state index contributed by atoms with van der Waals surface area (Å²) in [5.74, 6) is 0.882. The number of ether oxygens (including phenoxy) is 1. The molecular formula is C23H32N4O. The van der Waals surface area contributed by atoms with Crippen molar-refractivity contribution in [1.29, 1.82) is 0 Å². The molecule has 0 saturated carbocycles. The average Bonchev–Trinajstić information content (AvgIpc) is 2.76. The molecule has 0 aliphatic carbocycles. The van der Waals surface area contributed by atoms with Gasteiger partial charge in [0.2, 0.25) is 0 Å². The van der Waals surface area contributed by atoms with E-state index < -0.39 is 0 Å². The third kappa shape index (κ3) is 6.27. The Morgan fingerprint density at radius 1 is 1.00 bits per heavy atom. The number of morpholine rings is 1. The van der Waals surface area contributed by atoms with E-state index in [4.69, 9.17) is 9.73 Å². The zero-order valence-electron chi connectivity index (χ0n) is 16.9. The molecule has 28 heavy (non-hydrogen) atoms. The molecule has 5 heteroatoms. The number of nitrogens with zero attached hydrogens (tertiary/aromatic N) is 2. The highest BCUT2D eigenvalue weighted by Crippen LogP contribution is 2.22. The van der Waals surface area contributed by atoms with Crippen LogP contribution < -0.4 is 15.5 Å². The van der Waals surface area contributed by atoms with E-state index in [1.807, 2.05) is 0 Å². The fourth-order valence-corrected chi connectivity index (χ4v) is 3.41. The van der Waals surface area contributed by atoms with Crippen LogP contribution in [0.25, 0.3) is 0 Å². The normalized spacial score (nSPS) is 14.8. The highest BCUT2D eigenvalue weighted by atomic mass is 16.5. The van der Waals surface area contributed by atoms with E-state index in [-0.39, 0.29) is 0 Å². The Labute approximate surface area is 168 Å². The number of anilines is 1. The van der Waals surface area contributed by atoms with Gasteiger partial charge in [0.25, 0.3) is 0 Å². The van der Waals surface area contributed by atoms with Crippen LogP contribution >= 0.6 is 0 Å². The van der Waals surface area contributed by atoms with Crippen LogP contribution in [0.1, 0.15) is 24.5 Å². The largest absolute Gasteiger partial charge is 0.378 e. The van der Waals surface area contributed by atoms with Crippen molar-refractivity contribution in [2.75, 3.05) is 44.3 Å². The van der Waals surface area contributed by atoms with Crippen LogP contribution in [0.4, 0.5) is 5.69 Å². The van der Waals surface area contributed by atoms with Crippen LogP contribution in [0.15, 0.2) is 59.6 Å². The summed E-state index contributed by atoms with van der Waals surface area (Å²) in [6.45, 7) is 8.01. The third-order valence-corrected chi connectivity index (χ3v) is 4.87. The summed E-state index contributed by atoms with van der Waals surface area (Å²) in [6.07, 6.45) is 2.16. The summed E-state index contributed by atoms with van der Waals surface area (Å²) in [6, 6.07) is 19.2. The van der Waals surface area contributed by atoms with E-state index >= 15 is 0 Å². The van der Waals surface area contributed by atoms with E-state index in [1.165, 1.54) is 16.8 Å². The van der Waals surface area contributed by atoms with Gasteiger partial charge in [-0.05, 0) is 37.0 Å². The van der Waals surface area contributed by atoms with Gasteiger partial charge in [-0.25, -0.2) is 4.99 Å². The summed E-state index contributed by atoms with van der Waals surface area (Å²) < 4.78 is 5.49. The van der Waals surface area contributed by atoms with Crippen molar-refractivity contribution in [3.63, 3.8) is 0 Å². The number of aliphatic imine (C=N–C) groups is 1. The molecule has 1 aliphatic heterocycles. The van der Waals surface area contributed by atoms with E-state index in [1.54, 1.807) is 0 Å². The minimum absolute atomic E-state index is 0.668. The molecule has 1 aliphatic rings. The molecule has 1 fully saturated rings. The van der Waals surface area contributed by atoms with E-state index in [0.717, 1.165) is 58.2 Å². The second-order valence-electron chi connectivity index (χ2n) is 6.94. The Kier molecular flexibility index (Phi) is 8.19. The van der Waals surface area contributed by atoms with Gasteiger partial charge in [0.1, 0.15) is 0 Å². The predicted octanol–water partition coefficient (Wildman–Crippen LogP) is 3.21. The molecular weight excluding hydrogens is 348 g/mol. The first-order valence-corrected chi connectivity index (χ1v) is 10.3. The van der Waals surface area contributed by atoms with Gasteiger partial charge in [0.15, 0.2) is 5.96 Å². The second-order valence-corrected chi connectivity index (χ2v) is 6.94. The van der Waals surface area contributed by atoms with E-state index in [9.17, 15) is 0 Å². The molecule has 5 nitrogen and oxygen atoms in total. The van der Waals surface area contributed by atoms with Crippen LogP contribution in [-0.4, -0.2) is 45.4 Å². The first-order chi connectivity index (χ1) is 13.9. The number of benzene rings is 2. The number of hydrogen-bond acceptors (Lipinski definition) is 3. The average molecular weight is 381 g/mol. The van der Waals surface area contributed by atoms with Gasteiger partial charge in [-0.1, -0.05) is 48.5 Å². The summed E-state index contributed by atoms with van der Waals surface area (Å²) >= 11 is 0. The van der Waals surface area contributed by atoms with Crippen LogP contribution in [0.3, 0.4) is 0 Å². The number of nitrogens with one attached hydrogen (secondary N) is 2. The lowest BCUT2D eigenvalue weighted by Gasteiger charge is -2.30. The molecule has 0 aromatic heterocycles. The fourth-order valence-electron chi connectivity index (χ4n) is 3.41. The lowest BCUT2D eigenvalue weighted by Crippen LogP contribution is -2.38. The Balaban J connectivity index is 1.55. The zero-order chi connectivity index (χ0) is 19.4.